The van der Waals surface area contributed by atoms with Crippen LogP contribution in [0.3, 0.4) is 0 Å². The molecular formula is C27H26N4O2. The zero-order valence-electron chi connectivity index (χ0n) is 18.6. The smallest absolute Gasteiger partial charge is 0.257 e. The number of nitrogens with one attached hydrogen (secondary N) is 1. The average Bonchev–Trinajstić information content (AvgIpc) is 2.84. The molecule has 0 saturated carbocycles. The van der Waals surface area contributed by atoms with Crippen LogP contribution in [0.4, 0.5) is 5.69 Å². The number of amides is 1. The predicted octanol–water partition coefficient (Wildman–Crippen LogP) is 4.69. The molecule has 5 rings (SSSR count). The fourth-order valence-electron chi connectivity index (χ4n) is 4.15. The van der Waals surface area contributed by atoms with Gasteiger partial charge >= 0.3 is 0 Å². The molecule has 1 saturated heterocycles. The van der Waals surface area contributed by atoms with Gasteiger partial charge in [-0.1, -0.05) is 30.3 Å². The van der Waals surface area contributed by atoms with Crippen LogP contribution >= 0.6 is 0 Å². The minimum absolute atomic E-state index is 0.170. The van der Waals surface area contributed by atoms with E-state index < -0.39 is 0 Å². The number of carbonyl (C=O) groups is 1. The summed E-state index contributed by atoms with van der Waals surface area (Å²) >= 11 is 0. The SMILES string of the molecule is Cc1cncc(-c2ccc3cccc(C(=O)Nc4cccc(CN5CCOCC5)c4)c3n2)c1. The second kappa shape index (κ2) is 9.48. The fourth-order valence-corrected chi connectivity index (χ4v) is 4.15. The van der Waals surface area contributed by atoms with Crippen molar-refractivity contribution in [2.45, 2.75) is 13.5 Å². The minimum atomic E-state index is -0.170. The zero-order chi connectivity index (χ0) is 22.6. The van der Waals surface area contributed by atoms with Gasteiger partial charge in [-0.05, 0) is 48.4 Å². The van der Waals surface area contributed by atoms with E-state index in [9.17, 15) is 4.79 Å². The highest BCUT2D eigenvalue weighted by atomic mass is 16.5. The number of hydrogen-bond acceptors (Lipinski definition) is 5. The number of para-hydroxylation sites is 1. The zero-order valence-corrected chi connectivity index (χ0v) is 18.6. The molecule has 0 unspecified atom stereocenters. The first kappa shape index (κ1) is 21.2. The number of hydrogen-bond donors (Lipinski definition) is 1. The summed E-state index contributed by atoms with van der Waals surface area (Å²) in [5, 5.41) is 3.99. The maximum Gasteiger partial charge on any atom is 0.257 e. The highest BCUT2D eigenvalue weighted by molar-refractivity contribution is 6.12. The number of fused-ring (bicyclic) bond motifs is 1. The van der Waals surface area contributed by atoms with Crippen molar-refractivity contribution in [3.05, 3.63) is 89.7 Å². The summed E-state index contributed by atoms with van der Waals surface area (Å²) < 4.78 is 5.43. The van der Waals surface area contributed by atoms with Gasteiger partial charge < -0.3 is 10.1 Å². The molecule has 166 valence electrons. The molecule has 0 atom stereocenters. The van der Waals surface area contributed by atoms with Gasteiger partial charge in [0.05, 0.1) is 30.0 Å². The summed E-state index contributed by atoms with van der Waals surface area (Å²) in [7, 11) is 0. The van der Waals surface area contributed by atoms with E-state index in [0.717, 1.165) is 60.7 Å². The lowest BCUT2D eigenvalue weighted by Gasteiger charge is -2.26. The summed E-state index contributed by atoms with van der Waals surface area (Å²) in [5.74, 6) is -0.170. The molecule has 33 heavy (non-hydrogen) atoms. The molecule has 0 spiro atoms. The van der Waals surface area contributed by atoms with Crippen molar-refractivity contribution >= 4 is 22.5 Å². The van der Waals surface area contributed by atoms with Crippen molar-refractivity contribution < 1.29 is 9.53 Å². The Morgan fingerprint density at radius 3 is 2.73 bits per heavy atom. The van der Waals surface area contributed by atoms with E-state index >= 15 is 0 Å². The van der Waals surface area contributed by atoms with Crippen LogP contribution in [0.1, 0.15) is 21.5 Å². The first-order chi connectivity index (χ1) is 16.2. The number of nitrogens with zero attached hydrogens (tertiary/aromatic N) is 3. The number of ether oxygens (including phenoxy) is 1. The molecule has 1 N–H and O–H groups in total. The van der Waals surface area contributed by atoms with Crippen molar-refractivity contribution in [2.75, 3.05) is 31.6 Å². The van der Waals surface area contributed by atoms with E-state index in [0.29, 0.717) is 11.1 Å². The normalized spacial score (nSPS) is 14.3. The van der Waals surface area contributed by atoms with Gasteiger partial charge in [-0.3, -0.25) is 14.7 Å². The van der Waals surface area contributed by atoms with Crippen LogP contribution in [-0.4, -0.2) is 47.1 Å². The summed E-state index contributed by atoms with van der Waals surface area (Å²) in [6.45, 7) is 6.24. The molecule has 1 fully saturated rings. The van der Waals surface area contributed by atoms with Crippen LogP contribution in [-0.2, 0) is 11.3 Å². The molecular weight excluding hydrogens is 412 g/mol. The number of aromatic nitrogens is 2. The quantitative estimate of drug-likeness (QED) is 0.490. The lowest BCUT2D eigenvalue weighted by molar-refractivity contribution is 0.0342. The highest BCUT2D eigenvalue weighted by Crippen LogP contribution is 2.24. The third-order valence-electron chi connectivity index (χ3n) is 5.83. The van der Waals surface area contributed by atoms with Gasteiger partial charge in [0, 0.05) is 48.7 Å². The number of morpholine rings is 1. The van der Waals surface area contributed by atoms with E-state index in [-0.39, 0.29) is 5.91 Å². The molecule has 2 aromatic heterocycles. The van der Waals surface area contributed by atoms with Gasteiger partial charge in [-0.15, -0.1) is 0 Å². The second-order valence-electron chi connectivity index (χ2n) is 8.37. The van der Waals surface area contributed by atoms with Gasteiger partial charge in [0.15, 0.2) is 0 Å². The van der Waals surface area contributed by atoms with Gasteiger partial charge in [0.25, 0.3) is 5.91 Å². The van der Waals surface area contributed by atoms with E-state index in [4.69, 9.17) is 9.72 Å². The van der Waals surface area contributed by atoms with Gasteiger partial charge in [0.1, 0.15) is 0 Å². The van der Waals surface area contributed by atoms with Crippen molar-refractivity contribution in [1.82, 2.24) is 14.9 Å². The maximum atomic E-state index is 13.2. The highest BCUT2D eigenvalue weighted by Gasteiger charge is 2.14. The third kappa shape index (κ3) is 4.92. The first-order valence-corrected chi connectivity index (χ1v) is 11.2. The molecule has 4 aromatic rings. The third-order valence-corrected chi connectivity index (χ3v) is 5.83. The standard InChI is InChI=1S/C27H26N4O2/c1-19-14-22(17-28-16-19)25-9-8-21-5-3-7-24(26(21)30-25)27(32)29-23-6-2-4-20(15-23)18-31-10-12-33-13-11-31/h2-9,14-17H,10-13,18H2,1H3,(H,29,32). The molecule has 3 heterocycles. The number of benzene rings is 2. The predicted molar refractivity (Wildman–Crippen MR) is 130 cm³/mol. The summed E-state index contributed by atoms with van der Waals surface area (Å²) in [4.78, 5) is 24.7. The molecule has 1 aliphatic heterocycles. The van der Waals surface area contributed by atoms with Crippen molar-refractivity contribution in [3.8, 4) is 11.3 Å². The van der Waals surface area contributed by atoms with Crippen LogP contribution in [0, 0.1) is 6.92 Å². The molecule has 6 nitrogen and oxygen atoms in total. The topological polar surface area (TPSA) is 67.4 Å². The minimum Gasteiger partial charge on any atom is -0.379 e. The molecule has 1 amide bonds. The fraction of sp³-hybridized carbons (Fsp3) is 0.222. The molecule has 0 radical (unpaired) electrons. The van der Waals surface area contributed by atoms with Crippen molar-refractivity contribution in [2.24, 2.45) is 0 Å². The molecule has 0 bridgehead atoms. The van der Waals surface area contributed by atoms with Crippen LogP contribution in [0.2, 0.25) is 0 Å². The van der Waals surface area contributed by atoms with E-state index in [2.05, 4.69) is 21.3 Å². The number of rotatable bonds is 5. The Morgan fingerprint density at radius 1 is 1.03 bits per heavy atom. The second-order valence-corrected chi connectivity index (χ2v) is 8.37. The van der Waals surface area contributed by atoms with Crippen molar-refractivity contribution in [3.63, 3.8) is 0 Å². The molecule has 6 heteroatoms. The van der Waals surface area contributed by atoms with Crippen LogP contribution < -0.4 is 5.32 Å². The number of aryl methyl sites for hydroxylation is 1. The van der Waals surface area contributed by atoms with Gasteiger partial charge in [0.2, 0.25) is 0 Å². The lowest BCUT2D eigenvalue weighted by Crippen LogP contribution is -2.35. The van der Waals surface area contributed by atoms with Gasteiger partial charge in [-0.2, -0.15) is 0 Å². The van der Waals surface area contributed by atoms with E-state index in [1.807, 2.05) is 67.7 Å². The van der Waals surface area contributed by atoms with E-state index in [1.165, 1.54) is 5.56 Å². The Bertz CT molecular complexity index is 1300. The number of carbonyl (C=O) groups excluding carboxylic acids is 1. The maximum absolute atomic E-state index is 13.2. The van der Waals surface area contributed by atoms with Gasteiger partial charge in [-0.25, -0.2) is 4.98 Å². The molecule has 0 aliphatic carbocycles. The van der Waals surface area contributed by atoms with Crippen LogP contribution in [0.15, 0.2) is 73.1 Å². The summed E-state index contributed by atoms with van der Waals surface area (Å²) in [6, 6.07) is 19.7. The average molecular weight is 439 g/mol. The van der Waals surface area contributed by atoms with Crippen LogP contribution in [0.25, 0.3) is 22.2 Å². The Hall–Kier alpha value is -3.61. The molecule has 2 aromatic carbocycles. The Kier molecular flexibility index (Phi) is 6.11. The number of anilines is 1. The lowest BCUT2D eigenvalue weighted by atomic mass is 10.1. The molecule has 1 aliphatic rings. The Morgan fingerprint density at radius 2 is 1.88 bits per heavy atom. The monoisotopic (exact) mass is 438 g/mol. The van der Waals surface area contributed by atoms with Crippen molar-refractivity contribution in [1.29, 1.82) is 0 Å². The Labute approximate surface area is 193 Å². The Balaban J connectivity index is 1.40. The number of pyridine rings is 2. The largest absolute Gasteiger partial charge is 0.379 e. The van der Waals surface area contributed by atoms with Crippen LogP contribution in [0.5, 0.6) is 0 Å². The first-order valence-electron chi connectivity index (χ1n) is 11.2. The summed E-state index contributed by atoms with van der Waals surface area (Å²) in [5.41, 5.74) is 5.97. The summed E-state index contributed by atoms with van der Waals surface area (Å²) in [6.07, 6.45) is 3.61. The van der Waals surface area contributed by atoms with E-state index in [1.54, 1.807) is 6.20 Å².